The zero-order valence-electron chi connectivity index (χ0n) is 7.79. The van der Waals surface area contributed by atoms with E-state index in [2.05, 4.69) is 36.0 Å². The Labute approximate surface area is 77.4 Å². The quantitative estimate of drug-likeness (QED) is 0.732. The molecule has 0 saturated heterocycles. The van der Waals surface area contributed by atoms with Crippen molar-refractivity contribution in [2.24, 2.45) is 0 Å². The maximum Gasteiger partial charge on any atom is 0.183 e. The van der Waals surface area contributed by atoms with Gasteiger partial charge in [-0.15, -0.1) is 0 Å². The summed E-state index contributed by atoms with van der Waals surface area (Å²) in [5.41, 5.74) is 0. The molecular formula is C8H15N3S. The standard InChI is InChI=1S/C8H15N3S/c1-4-5-12-8-9-7(6(2)3)10-11-8/h6H,4-5H2,1-3H3,(H,9,10,11). The van der Waals surface area contributed by atoms with Gasteiger partial charge in [0.05, 0.1) is 0 Å². The minimum absolute atomic E-state index is 0.414. The Balaban J connectivity index is 2.52. The average Bonchev–Trinajstić information content (AvgIpc) is 2.48. The van der Waals surface area contributed by atoms with Gasteiger partial charge in [-0.25, -0.2) is 4.98 Å². The molecule has 1 aromatic heterocycles. The molecule has 4 heteroatoms. The smallest absolute Gasteiger partial charge is 0.183 e. The van der Waals surface area contributed by atoms with Gasteiger partial charge in [-0.05, 0) is 6.42 Å². The van der Waals surface area contributed by atoms with Crippen LogP contribution in [0.1, 0.15) is 38.9 Å². The highest BCUT2D eigenvalue weighted by atomic mass is 32.2. The second kappa shape index (κ2) is 4.50. The molecule has 0 amide bonds. The van der Waals surface area contributed by atoms with Crippen LogP contribution in [0.25, 0.3) is 0 Å². The zero-order chi connectivity index (χ0) is 8.97. The first-order valence-corrected chi connectivity index (χ1v) is 5.27. The molecule has 12 heavy (non-hydrogen) atoms. The van der Waals surface area contributed by atoms with Crippen LogP contribution < -0.4 is 0 Å². The van der Waals surface area contributed by atoms with Crippen LogP contribution >= 0.6 is 11.8 Å². The molecule has 3 nitrogen and oxygen atoms in total. The lowest BCUT2D eigenvalue weighted by Gasteiger charge is -1.93. The maximum atomic E-state index is 4.34. The summed E-state index contributed by atoms with van der Waals surface area (Å²) in [5, 5.41) is 7.98. The molecule has 1 N–H and O–H groups in total. The Kier molecular flexibility index (Phi) is 3.59. The van der Waals surface area contributed by atoms with Crippen LogP contribution in [0.2, 0.25) is 0 Å². The maximum absolute atomic E-state index is 4.34. The number of H-pyrrole nitrogens is 1. The molecule has 1 heterocycles. The molecule has 0 aromatic carbocycles. The number of hydrogen-bond donors (Lipinski definition) is 1. The van der Waals surface area contributed by atoms with E-state index in [1.807, 2.05) is 0 Å². The molecule has 0 aliphatic carbocycles. The van der Waals surface area contributed by atoms with Gasteiger partial charge in [0.1, 0.15) is 0 Å². The largest absolute Gasteiger partial charge is 0.254 e. The molecule has 68 valence electrons. The summed E-state index contributed by atoms with van der Waals surface area (Å²) in [6, 6.07) is 0. The minimum atomic E-state index is 0.414. The van der Waals surface area contributed by atoms with Crippen LogP contribution in [0.5, 0.6) is 0 Å². The predicted molar refractivity (Wildman–Crippen MR) is 51.5 cm³/mol. The van der Waals surface area contributed by atoms with Crippen LogP contribution in [-0.4, -0.2) is 20.9 Å². The average molecular weight is 185 g/mol. The van der Waals surface area contributed by atoms with Crippen molar-refractivity contribution in [3.05, 3.63) is 5.82 Å². The molecule has 0 fully saturated rings. The van der Waals surface area contributed by atoms with Gasteiger partial charge in [0.25, 0.3) is 0 Å². The second-order valence-corrected chi connectivity index (χ2v) is 4.09. The molecular weight excluding hydrogens is 170 g/mol. The van der Waals surface area contributed by atoms with Crippen LogP contribution in [0.3, 0.4) is 0 Å². The number of thioether (sulfide) groups is 1. The summed E-state index contributed by atoms with van der Waals surface area (Å²) >= 11 is 1.73. The lowest BCUT2D eigenvalue weighted by Crippen LogP contribution is -1.89. The lowest BCUT2D eigenvalue weighted by molar-refractivity contribution is 0.780. The van der Waals surface area contributed by atoms with Gasteiger partial charge in [-0.1, -0.05) is 32.5 Å². The van der Waals surface area contributed by atoms with Crippen LogP contribution in [-0.2, 0) is 0 Å². The highest BCUT2D eigenvalue weighted by Crippen LogP contribution is 2.16. The van der Waals surface area contributed by atoms with E-state index in [9.17, 15) is 0 Å². The van der Waals surface area contributed by atoms with Gasteiger partial charge in [0.15, 0.2) is 11.0 Å². The Morgan fingerprint density at radius 2 is 2.25 bits per heavy atom. The second-order valence-electron chi connectivity index (χ2n) is 3.00. The van der Waals surface area contributed by atoms with E-state index >= 15 is 0 Å². The van der Waals surface area contributed by atoms with Crippen molar-refractivity contribution in [2.45, 2.75) is 38.3 Å². The van der Waals surface area contributed by atoms with Gasteiger partial charge < -0.3 is 0 Å². The molecule has 0 spiro atoms. The van der Waals surface area contributed by atoms with E-state index in [1.54, 1.807) is 11.8 Å². The molecule has 0 aliphatic rings. The zero-order valence-corrected chi connectivity index (χ0v) is 8.61. The summed E-state index contributed by atoms with van der Waals surface area (Å²) in [6.45, 7) is 6.35. The SMILES string of the molecule is CCCSc1nc(C(C)C)n[nH]1. The Morgan fingerprint density at radius 3 is 2.75 bits per heavy atom. The molecule has 0 aliphatic heterocycles. The summed E-state index contributed by atoms with van der Waals surface area (Å²) in [7, 11) is 0. The summed E-state index contributed by atoms with van der Waals surface area (Å²) in [5.74, 6) is 2.43. The van der Waals surface area contributed by atoms with Crippen LogP contribution in [0.4, 0.5) is 0 Å². The number of aromatic nitrogens is 3. The molecule has 0 unspecified atom stereocenters. The van der Waals surface area contributed by atoms with E-state index < -0.39 is 0 Å². The number of nitrogens with zero attached hydrogens (tertiary/aromatic N) is 2. The summed E-state index contributed by atoms with van der Waals surface area (Å²) in [6.07, 6.45) is 1.17. The summed E-state index contributed by atoms with van der Waals surface area (Å²) in [4.78, 5) is 4.34. The van der Waals surface area contributed by atoms with Crippen LogP contribution in [0.15, 0.2) is 5.16 Å². The highest BCUT2D eigenvalue weighted by molar-refractivity contribution is 7.99. The van der Waals surface area contributed by atoms with Crippen molar-refractivity contribution in [3.63, 3.8) is 0 Å². The topological polar surface area (TPSA) is 41.6 Å². The molecule has 0 saturated carbocycles. The molecule has 0 radical (unpaired) electrons. The first kappa shape index (κ1) is 9.58. The first-order chi connectivity index (χ1) is 5.74. The van der Waals surface area contributed by atoms with Crippen molar-refractivity contribution in [1.29, 1.82) is 0 Å². The fraction of sp³-hybridized carbons (Fsp3) is 0.750. The molecule has 0 atom stereocenters. The van der Waals surface area contributed by atoms with Crippen LogP contribution in [0, 0.1) is 0 Å². The monoisotopic (exact) mass is 185 g/mol. The van der Waals surface area contributed by atoms with Crippen molar-refractivity contribution < 1.29 is 0 Å². The van der Waals surface area contributed by atoms with E-state index in [1.165, 1.54) is 6.42 Å². The fourth-order valence-electron chi connectivity index (χ4n) is 0.781. The van der Waals surface area contributed by atoms with Crippen molar-refractivity contribution >= 4 is 11.8 Å². The van der Waals surface area contributed by atoms with Crippen molar-refractivity contribution in [2.75, 3.05) is 5.75 Å². The van der Waals surface area contributed by atoms with Crippen molar-refractivity contribution in [3.8, 4) is 0 Å². The van der Waals surface area contributed by atoms with E-state index in [-0.39, 0.29) is 0 Å². The van der Waals surface area contributed by atoms with Gasteiger partial charge >= 0.3 is 0 Å². The third-order valence-electron chi connectivity index (χ3n) is 1.44. The minimum Gasteiger partial charge on any atom is -0.254 e. The molecule has 1 rings (SSSR count). The van der Waals surface area contributed by atoms with E-state index in [4.69, 9.17) is 0 Å². The number of hydrogen-bond acceptors (Lipinski definition) is 3. The number of aromatic amines is 1. The molecule has 1 aromatic rings. The number of nitrogens with one attached hydrogen (secondary N) is 1. The number of rotatable bonds is 4. The summed E-state index contributed by atoms with van der Waals surface area (Å²) < 4.78 is 0. The third kappa shape index (κ3) is 2.52. The van der Waals surface area contributed by atoms with Gasteiger partial charge in [-0.3, -0.25) is 5.10 Å². The Bertz CT molecular complexity index is 232. The highest BCUT2D eigenvalue weighted by Gasteiger charge is 2.05. The Hall–Kier alpha value is -0.510. The Morgan fingerprint density at radius 1 is 1.50 bits per heavy atom. The molecule has 0 bridgehead atoms. The van der Waals surface area contributed by atoms with Crippen molar-refractivity contribution in [1.82, 2.24) is 15.2 Å². The third-order valence-corrected chi connectivity index (χ3v) is 2.51. The fourth-order valence-corrected chi connectivity index (χ4v) is 1.45. The predicted octanol–water partition coefficient (Wildman–Crippen LogP) is 2.43. The first-order valence-electron chi connectivity index (χ1n) is 4.29. The van der Waals surface area contributed by atoms with Gasteiger partial charge in [0.2, 0.25) is 0 Å². The van der Waals surface area contributed by atoms with Gasteiger partial charge in [0, 0.05) is 11.7 Å². The van der Waals surface area contributed by atoms with Gasteiger partial charge in [-0.2, -0.15) is 5.10 Å². The van der Waals surface area contributed by atoms with E-state index in [0.29, 0.717) is 5.92 Å². The van der Waals surface area contributed by atoms with E-state index in [0.717, 1.165) is 16.7 Å². The normalized spacial score (nSPS) is 11.0. The lowest BCUT2D eigenvalue weighted by atomic mass is 10.2.